The van der Waals surface area contributed by atoms with E-state index >= 15 is 0 Å². The molecule has 11 heteroatoms. The van der Waals surface area contributed by atoms with Crippen LogP contribution < -0.4 is 10.2 Å². The first-order valence-electron chi connectivity index (χ1n) is 12.7. The normalized spacial score (nSPS) is 14.5. The summed E-state index contributed by atoms with van der Waals surface area (Å²) in [5.41, 5.74) is 2.40. The van der Waals surface area contributed by atoms with Crippen molar-refractivity contribution < 1.29 is 13.2 Å². The van der Waals surface area contributed by atoms with E-state index in [0.29, 0.717) is 41.1 Å². The van der Waals surface area contributed by atoms with Crippen LogP contribution >= 0.6 is 0 Å². The molecule has 1 N–H and O–H groups in total. The standard InChI is InChI=1S/C28H27N7O3S/c1-33-17-21(16-31-33)24-18-35(39(37,38)23-10-6-3-7-11-23)27-25(24)26(29-19-30-27)34-14-12-22(13-15-34)32-28(36)20-8-4-2-5-9-20/h2-11,16-19,22H,12-15H2,1H3,(H,32,36). The summed E-state index contributed by atoms with van der Waals surface area (Å²) < 4.78 is 30.3. The van der Waals surface area contributed by atoms with Crippen molar-refractivity contribution in [2.75, 3.05) is 18.0 Å². The summed E-state index contributed by atoms with van der Waals surface area (Å²) >= 11 is 0. The Balaban J connectivity index is 1.35. The quantitative estimate of drug-likeness (QED) is 0.350. The molecule has 5 aromatic rings. The Hall–Kier alpha value is -4.51. The van der Waals surface area contributed by atoms with Crippen LogP contribution in [0.3, 0.4) is 0 Å². The van der Waals surface area contributed by atoms with Crippen molar-refractivity contribution in [1.29, 1.82) is 0 Å². The molecule has 6 rings (SSSR count). The summed E-state index contributed by atoms with van der Waals surface area (Å²) in [6.07, 6.45) is 8.03. The number of anilines is 1. The number of piperidine rings is 1. The molecule has 4 heterocycles. The molecule has 2 aromatic carbocycles. The second kappa shape index (κ2) is 9.99. The van der Waals surface area contributed by atoms with Crippen LogP contribution in [0.25, 0.3) is 22.2 Å². The van der Waals surface area contributed by atoms with Crippen LogP contribution in [0.4, 0.5) is 5.82 Å². The van der Waals surface area contributed by atoms with Crippen LogP contribution in [-0.4, -0.2) is 57.2 Å². The van der Waals surface area contributed by atoms with E-state index in [0.717, 1.165) is 18.4 Å². The van der Waals surface area contributed by atoms with E-state index in [1.165, 1.54) is 10.3 Å². The van der Waals surface area contributed by atoms with E-state index in [9.17, 15) is 13.2 Å². The molecule has 1 aliphatic heterocycles. The molecule has 0 unspecified atom stereocenters. The van der Waals surface area contributed by atoms with E-state index < -0.39 is 10.0 Å². The molecule has 0 spiro atoms. The summed E-state index contributed by atoms with van der Waals surface area (Å²) in [6.45, 7) is 1.30. The zero-order valence-corrected chi connectivity index (χ0v) is 22.1. The van der Waals surface area contributed by atoms with Crippen molar-refractivity contribution in [2.24, 2.45) is 7.05 Å². The molecular weight excluding hydrogens is 514 g/mol. The Bertz CT molecular complexity index is 1740. The van der Waals surface area contributed by atoms with Crippen LogP contribution in [0, 0.1) is 0 Å². The van der Waals surface area contributed by atoms with Gasteiger partial charge < -0.3 is 10.2 Å². The zero-order valence-electron chi connectivity index (χ0n) is 21.3. The highest BCUT2D eigenvalue weighted by Crippen LogP contribution is 2.37. The average molecular weight is 542 g/mol. The van der Waals surface area contributed by atoms with Gasteiger partial charge in [0, 0.05) is 55.3 Å². The molecular formula is C28H27N7O3S. The predicted molar refractivity (Wildman–Crippen MR) is 148 cm³/mol. The van der Waals surface area contributed by atoms with Crippen molar-refractivity contribution in [3.63, 3.8) is 0 Å². The molecule has 10 nitrogen and oxygen atoms in total. The monoisotopic (exact) mass is 541 g/mol. The van der Waals surface area contributed by atoms with E-state index in [1.807, 2.05) is 31.4 Å². The molecule has 1 amide bonds. The van der Waals surface area contributed by atoms with Gasteiger partial charge in [-0.1, -0.05) is 36.4 Å². The maximum Gasteiger partial charge on any atom is 0.269 e. The summed E-state index contributed by atoms with van der Waals surface area (Å²) in [7, 11) is -2.09. The lowest BCUT2D eigenvalue weighted by Gasteiger charge is -2.33. The summed E-state index contributed by atoms with van der Waals surface area (Å²) in [5, 5.41) is 8.08. The molecule has 1 fully saturated rings. The number of amides is 1. The molecule has 1 saturated heterocycles. The fraction of sp³-hybridized carbons (Fsp3) is 0.214. The van der Waals surface area contributed by atoms with Gasteiger partial charge in [0.15, 0.2) is 5.65 Å². The van der Waals surface area contributed by atoms with Gasteiger partial charge in [0.2, 0.25) is 0 Å². The highest BCUT2D eigenvalue weighted by Gasteiger charge is 2.29. The third kappa shape index (κ3) is 4.65. The number of rotatable bonds is 6. The molecule has 0 aliphatic carbocycles. The topological polar surface area (TPSA) is 115 Å². The smallest absolute Gasteiger partial charge is 0.269 e. The highest BCUT2D eigenvalue weighted by molar-refractivity contribution is 7.90. The van der Waals surface area contributed by atoms with Gasteiger partial charge in [-0.3, -0.25) is 9.48 Å². The van der Waals surface area contributed by atoms with Gasteiger partial charge in [-0.2, -0.15) is 5.10 Å². The molecule has 3 aromatic heterocycles. The first-order chi connectivity index (χ1) is 18.9. The van der Waals surface area contributed by atoms with Crippen LogP contribution in [0.2, 0.25) is 0 Å². The molecule has 0 atom stereocenters. The largest absolute Gasteiger partial charge is 0.356 e. The van der Waals surface area contributed by atoms with Crippen LogP contribution in [0.1, 0.15) is 23.2 Å². The minimum Gasteiger partial charge on any atom is -0.356 e. The van der Waals surface area contributed by atoms with E-state index in [-0.39, 0.29) is 16.8 Å². The number of carbonyl (C=O) groups is 1. The fourth-order valence-corrected chi connectivity index (χ4v) is 6.36. The van der Waals surface area contributed by atoms with Crippen LogP contribution in [0.5, 0.6) is 0 Å². The van der Waals surface area contributed by atoms with Crippen molar-refractivity contribution in [3.8, 4) is 11.1 Å². The molecule has 0 saturated carbocycles. The van der Waals surface area contributed by atoms with Crippen LogP contribution in [0.15, 0.2) is 90.5 Å². The number of benzene rings is 2. The second-order valence-electron chi connectivity index (χ2n) is 9.56. The Morgan fingerprint density at radius 2 is 1.64 bits per heavy atom. The second-order valence-corrected chi connectivity index (χ2v) is 11.4. The summed E-state index contributed by atoms with van der Waals surface area (Å²) in [4.78, 5) is 24.0. The van der Waals surface area contributed by atoms with Crippen molar-refractivity contribution in [3.05, 3.63) is 91.1 Å². The molecule has 1 aliphatic rings. The Morgan fingerprint density at radius 1 is 0.949 bits per heavy atom. The van der Waals surface area contributed by atoms with Crippen molar-refractivity contribution in [2.45, 2.75) is 23.8 Å². The lowest BCUT2D eigenvalue weighted by Crippen LogP contribution is -2.45. The number of nitrogens with zero attached hydrogens (tertiary/aromatic N) is 6. The number of carbonyl (C=O) groups excluding carboxylic acids is 1. The van der Waals surface area contributed by atoms with Gasteiger partial charge >= 0.3 is 0 Å². The maximum absolute atomic E-state index is 13.7. The molecule has 198 valence electrons. The number of fused-ring (bicyclic) bond motifs is 1. The summed E-state index contributed by atoms with van der Waals surface area (Å²) in [5.74, 6) is 0.578. The first kappa shape index (κ1) is 24.8. The fourth-order valence-electron chi connectivity index (χ4n) is 5.02. The SMILES string of the molecule is Cn1cc(-c2cn(S(=O)(=O)c3ccccc3)c3ncnc(N4CCC(NC(=O)c5ccccc5)CC4)c23)cn1. The third-order valence-electron chi connectivity index (χ3n) is 7.01. The number of aryl methyl sites for hydroxylation is 1. The van der Waals surface area contributed by atoms with Crippen LogP contribution in [-0.2, 0) is 17.1 Å². The maximum atomic E-state index is 13.7. The first-order valence-corrected chi connectivity index (χ1v) is 14.1. The Labute approximate surface area is 226 Å². The Morgan fingerprint density at radius 3 is 2.31 bits per heavy atom. The lowest BCUT2D eigenvalue weighted by molar-refractivity contribution is 0.0931. The molecule has 39 heavy (non-hydrogen) atoms. The number of aromatic nitrogens is 5. The van der Waals surface area contributed by atoms with Crippen molar-refractivity contribution >= 4 is 32.8 Å². The zero-order chi connectivity index (χ0) is 27.0. The number of hydrogen-bond donors (Lipinski definition) is 1. The van der Waals surface area contributed by atoms with E-state index in [4.69, 9.17) is 0 Å². The number of hydrogen-bond acceptors (Lipinski definition) is 7. The van der Waals surface area contributed by atoms with E-state index in [2.05, 4.69) is 25.3 Å². The minimum atomic E-state index is -3.91. The average Bonchev–Trinajstić information content (AvgIpc) is 3.58. The predicted octanol–water partition coefficient (Wildman–Crippen LogP) is 3.47. The van der Waals surface area contributed by atoms with E-state index in [1.54, 1.807) is 59.5 Å². The lowest BCUT2D eigenvalue weighted by atomic mass is 10.0. The Kier molecular flexibility index (Phi) is 6.35. The van der Waals surface area contributed by atoms with Gasteiger partial charge in [-0.15, -0.1) is 0 Å². The van der Waals surface area contributed by atoms with Gasteiger partial charge in [0.1, 0.15) is 12.1 Å². The van der Waals surface area contributed by atoms with Gasteiger partial charge in [-0.05, 0) is 37.1 Å². The van der Waals surface area contributed by atoms with Crippen molar-refractivity contribution in [1.82, 2.24) is 29.0 Å². The van der Waals surface area contributed by atoms with Gasteiger partial charge in [0.25, 0.3) is 15.9 Å². The van der Waals surface area contributed by atoms with Gasteiger partial charge in [-0.25, -0.2) is 22.4 Å². The van der Waals surface area contributed by atoms with Gasteiger partial charge in [0.05, 0.1) is 16.5 Å². The molecule has 0 bridgehead atoms. The summed E-state index contributed by atoms with van der Waals surface area (Å²) in [6, 6.07) is 17.5. The number of nitrogens with one attached hydrogen (secondary N) is 1. The third-order valence-corrected chi connectivity index (χ3v) is 8.68. The highest BCUT2D eigenvalue weighted by atomic mass is 32.2. The molecule has 0 radical (unpaired) electrons. The minimum absolute atomic E-state index is 0.0344.